The Balaban J connectivity index is 2.28. The lowest BCUT2D eigenvalue weighted by molar-refractivity contribution is 0.627. The normalized spacial score (nSPS) is 18.9. The second-order valence-corrected chi connectivity index (χ2v) is 5.14. The van der Waals surface area contributed by atoms with Crippen LogP contribution in [0.4, 0.5) is 4.39 Å². The highest BCUT2D eigenvalue weighted by Crippen LogP contribution is 2.38. The Morgan fingerprint density at radius 1 is 1.37 bits per heavy atom. The zero-order chi connectivity index (χ0) is 13.7. The van der Waals surface area contributed by atoms with Gasteiger partial charge in [0.05, 0.1) is 0 Å². The minimum absolute atomic E-state index is 0.255. The smallest absolute Gasteiger partial charge is 0.123 e. The summed E-state index contributed by atoms with van der Waals surface area (Å²) in [5.74, 6) is -0.255. The zero-order valence-corrected chi connectivity index (χ0v) is 11.4. The van der Waals surface area contributed by atoms with Crippen molar-refractivity contribution < 1.29 is 4.39 Å². The van der Waals surface area contributed by atoms with Gasteiger partial charge >= 0.3 is 0 Å². The lowest BCUT2D eigenvalue weighted by atomic mass is 9.96. The van der Waals surface area contributed by atoms with Gasteiger partial charge in [-0.25, -0.2) is 4.39 Å². The first-order valence-corrected chi connectivity index (χ1v) is 7.06. The quantitative estimate of drug-likeness (QED) is 0.518. The molecule has 0 saturated heterocycles. The molecule has 1 aliphatic rings. The standard InChI is InChI=1S/C16H20FNO/c1-2-3-4-6-12-9-10-15(18-19)16(12)13-7-5-8-14(17)11-13/h5,7-8,11,15H,2-4,6,9-10H2,1H3. The van der Waals surface area contributed by atoms with E-state index in [2.05, 4.69) is 12.1 Å². The van der Waals surface area contributed by atoms with Crippen molar-refractivity contribution >= 4 is 5.57 Å². The predicted octanol–water partition coefficient (Wildman–Crippen LogP) is 5.09. The average molecular weight is 261 g/mol. The summed E-state index contributed by atoms with van der Waals surface area (Å²) in [6.07, 6.45) is 6.21. The fourth-order valence-corrected chi connectivity index (χ4v) is 2.83. The highest BCUT2D eigenvalue weighted by molar-refractivity contribution is 5.74. The van der Waals surface area contributed by atoms with Gasteiger partial charge in [-0.05, 0) is 49.0 Å². The molecule has 19 heavy (non-hydrogen) atoms. The number of rotatable bonds is 6. The van der Waals surface area contributed by atoms with Gasteiger partial charge in [-0.15, -0.1) is 0 Å². The summed E-state index contributed by atoms with van der Waals surface area (Å²) in [4.78, 5) is 11.0. The van der Waals surface area contributed by atoms with Gasteiger partial charge in [0.2, 0.25) is 0 Å². The van der Waals surface area contributed by atoms with E-state index in [4.69, 9.17) is 0 Å². The number of nitrogens with zero attached hydrogens (tertiary/aromatic N) is 1. The number of unbranched alkanes of at least 4 members (excludes halogenated alkanes) is 2. The molecule has 0 heterocycles. The van der Waals surface area contributed by atoms with Crippen LogP contribution in [0.5, 0.6) is 0 Å². The molecular formula is C16H20FNO. The first-order chi connectivity index (χ1) is 9.26. The van der Waals surface area contributed by atoms with Gasteiger partial charge in [0, 0.05) is 0 Å². The van der Waals surface area contributed by atoms with E-state index in [-0.39, 0.29) is 11.9 Å². The van der Waals surface area contributed by atoms with Crippen LogP contribution in [0.3, 0.4) is 0 Å². The van der Waals surface area contributed by atoms with Crippen LogP contribution in [0.1, 0.15) is 51.0 Å². The third-order valence-electron chi connectivity index (χ3n) is 3.78. The molecule has 1 aromatic rings. The number of hydrogen-bond donors (Lipinski definition) is 0. The Hall–Kier alpha value is -1.51. The second kappa shape index (κ2) is 6.60. The molecule has 0 aromatic heterocycles. The predicted molar refractivity (Wildman–Crippen MR) is 76.3 cm³/mol. The van der Waals surface area contributed by atoms with Crippen molar-refractivity contribution in [1.29, 1.82) is 0 Å². The number of allylic oxidation sites excluding steroid dienone is 1. The second-order valence-electron chi connectivity index (χ2n) is 5.14. The maximum Gasteiger partial charge on any atom is 0.123 e. The molecule has 2 nitrogen and oxygen atoms in total. The molecule has 0 amide bonds. The molecule has 0 spiro atoms. The lowest BCUT2D eigenvalue weighted by Gasteiger charge is -2.10. The van der Waals surface area contributed by atoms with Crippen molar-refractivity contribution in [1.82, 2.24) is 0 Å². The molecule has 0 radical (unpaired) electrons. The van der Waals surface area contributed by atoms with Crippen LogP contribution in [0.2, 0.25) is 0 Å². The molecule has 0 aliphatic heterocycles. The molecule has 1 atom stereocenters. The van der Waals surface area contributed by atoms with Crippen LogP contribution in [0, 0.1) is 10.7 Å². The third-order valence-corrected chi connectivity index (χ3v) is 3.78. The van der Waals surface area contributed by atoms with Crippen molar-refractivity contribution in [3.63, 3.8) is 0 Å². The van der Waals surface area contributed by atoms with Crippen molar-refractivity contribution in [3.8, 4) is 0 Å². The SMILES string of the molecule is CCCCCC1=C(c2cccc(F)c2)C(N=O)CC1. The van der Waals surface area contributed by atoms with Gasteiger partial charge in [-0.2, -0.15) is 4.91 Å². The van der Waals surface area contributed by atoms with Crippen LogP contribution in [-0.4, -0.2) is 6.04 Å². The molecule has 1 unspecified atom stereocenters. The lowest BCUT2D eigenvalue weighted by Crippen LogP contribution is -2.02. The Kier molecular flexibility index (Phi) is 4.83. The third kappa shape index (κ3) is 3.28. The number of nitroso groups, excluding NO2 is 1. The summed E-state index contributed by atoms with van der Waals surface area (Å²) in [7, 11) is 0. The molecule has 102 valence electrons. The van der Waals surface area contributed by atoms with Crippen molar-refractivity contribution in [2.24, 2.45) is 5.18 Å². The van der Waals surface area contributed by atoms with E-state index in [1.807, 2.05) is 6.07 Å². The summed E-state index contributed by atoms with van der Waals surface area (Å²) >= 11 is 0. The maximum atomic E-state index is 13.4. The Morgan fingerprint density at radius 2 is 2.21 bits per heavy atom. The molecule has 3 heteroatoms. The first-order valence-electron chi connectivity index (χ1n) is 7.06. The minimum Gasteiger partial charge on any atom is -0.207 e. The molecule has 0 bridgehead atoms. The molecule has 0 saturated carbocycles. The summed E-state index contributed by atoms with van der Waals surface area (Å²) in [6.45, 7) is 2.17. The van der Waals surface area contributed by atoms with Gasteiger partial charge < -0.3 is 0 Å². The van der Waals surface area contributed by atoms with Crippen LogP contribution in [0.25, 0.3) is 5.57 Å². The van der Waals surface area contributed by atoms with Crippen LogP contribution in [0.15, 0.2) is 35.0 Å². The Bertz CT molecular complexity index is 481. The van der Waals surface area contributed by atoms with Crippen LogP contribution < -0.4 is 0 Å². The van der Waals surface area contributed by atoms with E-state index in [0.717, 1.165) is 36.8 Å². The van der Waals surface area contributed by atoms with E-state index in [9.17, 15) is 9.30 Å². The first kappa shape index (κ1) is 13.9. The fraction of sp³-hybridized carbons (Fsp3) is 0.500. The van der Waals surface area contributed by atoms with Crippen molar-refractivity contribution in [2.75, 3.05) is 0 Å². The van der Waals surface area contributed by atoms with E-state index < -0.39 is 0 Å². The zero-order valence-electron chi connectivity index (χ0n) is 11.4. The molecular weight excluding hydrogens is 241 g/mol. The fourth-order valence-electron chi connectivity index (χ4n) is 2.83. The summed E-state index contributed by atoms with van der Waals surface area (Å²) in [6, 6.07) is 6.22. The highest BCUT2D eigenvalue weighted by atomic mass is 19.1. The summed E-state index contributed by atoms with van der Waals surface area (Å²) in [5.41, 5.74) is 3.10. The van der Waals surface area contributed by atoms with Crippen LogP contribution >= 0.6 is 0 Å². The average Bonchev–Trinajstić information content (AvgIpc) is 2.82. The monoisotopic (exact) mass is 261 g/mol. The van der Waals surface area contributed by atoms with E-state index in [0.29, 0.717) is 0 Å². The van der Waals surface area contributed by atoms with Gasteiger partial charge in [0.1, 0.15) is 11.9 Å². The van der Waals surface area contributed by atoms with E-state index in [1.54, 1.807) is 6.07 Å². The molecule has 1 aromatic carbocycles. The number of benzene rings is 1. The van der Waals surface area contributed by atoms with Crippen molar-refractivity contribution in [3.05, 3.63) is 46.1 Å². The van der Waals surface area contributed by atoms with Gasteiger partial charge in [-0.3, -0.25) is 0 Å². The minimum atomic E-state index is -0.293. The molecule has 2 rings (SSSR count). The summed E-state index contributed by atoms with van der Waals surface area (Å²) < 4.78 is 13.4. The molecule has 0 fully saturated rings. The number of halogens is 1. The molecule has 1 aliphatic carbocycles. The van der Waals surface area contributed by atoms with E-state index >= 15 is 0 Å². The van der Waals surface area contributed by atoms with Crippen molar-refractivity contribution in [2.45, 2.75) is 51.5 Å². The van der Waals surface area contributed by atoms with E-state index in [1.165, 1.54) is 30.5 Å². The highest BCUT2D eigenvalue weighted by Gasteiger charge is 2.27. The maximum absolute atomic E-state index is 13.4. The van der Waals surface area contributed by atoms with Crippen LogP contribution in [-0.2, 0) is 0 Å². The Labute approximate surface area is 113 Å². The van der Waals surface area contributed by atoms with Gasteiger partial charge in [-0.1, -0.05) is 42.6 Å². The number of hydrogen-bond acceptors (Lipinski definition) is 2. The topological polar surface area (TPSA) is 29.4 Å². The molecule has 0 N–H and O–H groups in total. The largest absolute Gasteiger partial charge is 0.207 e. The van der Waals surface area contributed by atoms with Gasteiger partial charge in [0.25, 0.3) is 0 Å². The van der Waals surface area contributed by atoms with Gasteiger partial charge in [0.15, 0.2) is 0 Å². The summed E-state index contributed by atoms with van der Waals surface area (Å²) in [5, 5.41) is 3.22. The Morgan fingerprint density at radius 3 is 2.89 bits per heavy atom.